The molecule has 2 aliphatic heterocycles. The van der Waals surface area contributed by atoms with E-state index in [1.54, 1.807) is 19.2 Å². The number of halogens is 1. The molecule has 0 saturated carbocycles. The first kappa shape index (κ1) is 17.1. The van der Waals surface area contributed by atoms with Gasteiger partial charge in [-0.3, -0.25) is 9.69 Å². The van der Waals surface area contributed by atoms with Crippen molar-refractivity contribution in [3.63, 3.8) is 0 Å². The van der Waals surface area contributed by atoms with E-state index in [0.717, 1.165) is 44.8 Å². The highest BCUT2D eigenvalue weighted by Gasteiger charge is 2.32. The van der Waals surface area contributed by atoms with Crippen LogP contribution in [0.3, 0.4) is 0 Å². The van der Waals surface area contributed by atoms with Crippen LogP contribution in [0.4, 0.5) is 4.39 Å². The van der Waals surface area contributed by atoms with Crippen molar-refractivity contribution in [2.45, 2.75) is 19.4 Å². The summed E-state index contributed by atoms with van der Waals surface area (Å²) in [6.45, 7) is 6.60. The van der Waals surface area contributed by atoms with Crippen LogP contribution in [0, 0.1) is 12.7 Å². The van der Waals surface area contributed by atoms with Gasteiger partial charge in [0, 0.05) is 32.2 Å². The Balaban J connectivity index is 1.45. The summed E-state index contributed by atoms with van der Waals surface area (Å²) in [5, 5.41) is 8.08. The molecule has 0 N–H and O–H groups in total. The monoisotopic (exact) mass is 359 g/mol. The average molecular weight is 359 g/mol. The summed E-state index contributed by atoms with van der Waals surface area (Å²) in [5.74, 6) is -0.402. The second-order valence-corrected chi connectivity index (χ2v) is 6.82. The quantitative estimate of drug-likeness (QED) is 0.826. The molecule has 8 heteroatoms. The Hall–Kier alpha value is -2.32. The zero-order chi connectivity index (χ0) is 18.1. The average Bonchev–Trinajstić information content (AvgIpc) is 3.32. The molecule has 4 rings (SSSR count). The minimum atomic E-state index is -0.297. The zero-order valence-corrected chi connectivity index (χ0v) is 14.8. The molecular formula is C18H22FN5O2. The number of carbonyl (C=O) groups excluding carboxylic acids is 1. The van der Waals surface area contributed by atoms with Gasteiger partial charge in [-0.15, -0.1) is 5.10 Å². The third-order valence-corrected chi connectivity index (χ3v) is 5.13. The predicted molar refractivity (Wildman–Crippen MR) is 92.8 cm³/mol. The molecule has 0 bridgehead atoms. The molecule has 0 spiro atoms. The van der Waals surface area contributed by atoms with Gasteiger partial charge in [-0.1, -0.05) is 5.21 Å². The van der Waals surface area contributed by atoms with Crippen LogP contribution in [-0.2, 0) is 4.74 Å². The Bertz CT molecular complexity index is 803. The van der Waals surface area contributed by atoms with E-state index in [0.29, 0.717) is 24.0 Å². The van der Waals surface area contributed by atoms with Crippen LogP contribution in [0.5, 0.6) is 0 Å². The molecular weight excluding hydrogens is 337 g/mol. The number of benzene rings is 1. The van der Waals surface area contributed by atoms with E-state index in [-0.39, 0.29) is 11.7 Å². The van der Waals surface area contributed by atoms with Crippen molar-refractivity contribution in [3.05, 3.63) is 41.5 Å². The molecule has 0 radical (unpaired) electrons. The molecule has 26 heavy (non-hydrogen) atoms. The number of nitrogens with zero attached hydrogens (tertiary/aromatic N) is 5. The number of morpholine rings is 1. The van der Waals surface area contributed by atoms with E-state index in [9.17, 15) is 9.18 Å². The summed E-state index contributed by atoms with van der Waals surface area (Å²) in [6.07, 6.45) is 2.58. The molecule has 7 nitrogen and oxygen atoms in total. The molecule has 3 heterocycles. The number of aryl methyl sites for hydroxylation is 1. The molecule has 1 amide bonds. The maximum absolute atomic E-state index is 13.3. The van der Waals surface area contributed by atoms with Gasteiger partial charge in [0.1, 0.15) is 5.82 Å². The van der Waals surface area contributed by atoms with E-state index >= 15 is 0 Å². The first-order chi connectivity index (χ1) is 12.6. The van der Waals surface area contributed by atoms with Crippen molar-refractivity contribution >= 4 is 5.91 Å². The molecule has 0 aliphatic carbocycles. The third-order valence-electron chi connectivity index (χ3n) is 5.13. The fraction of sp³-hybridized carbons (Fsp3) is 0.500. The van der Waals surface area contributed by atoms with Crippen molar-refractivity contribution < 1.29 is 13.9 Å². The summed E-state index contributed by atoms with van der Waals surface area (Å²) in [4.78, 5) is 17.0. The van der Waals surface area contributed by atoms with E-state index in [1.807, 2.05) is 4.90 Å². The first-order valence-electron chi connectivity index (χ1n) is 8.92. The Morgan fingerprint density at radius 2 is 2.08 bits per heavy atom. The van der Waals surface area contributed by atoms with E-state index in [1.165, 1.54) is 16.8 Å². The predicted octanol–water partition coefficient (Wildman–Crippen LogP) is 1.26. The highest BCUT2D eigenvalue weighted by Crippen LogP contribution is 2.19. The van der Waals surface area contributed by atoms with Crippen LogP contribution in [0.2, 0.25) is 0 Å². The maximum Gasteiger partial charge on any atom is 0.276 e. The van der Waals surface area contributed by atoms with E-state index < -0.39 is 0 Å². The number of hydrogen-bond donors (Lipinski definition) is 0. The van der Waals surface area contributed by atoms with Gasteiger partial charge in [-0.2, -0.15) is 0 Å². The van der Waals surface area contributed by atoms with Crippen LogP contribution in [0.25, 0.3) is 5.69 Å². The fourth-order valence-electron chi connectivity index (χ4n) is 3.68. The number of carbonyl (C=O) groups is 1. The van der Waals surface area contributed by atoms with Gasteiger partial charge in [-0.05, 0) is 37.1 Å². The van der Waals surface area contributed by atoms with Crippen LogP contribution in [0.1, 0.15) is 22.5 Å². The Morgan fingerprint density at radius 3 is 2.85 bits per heavy atom. The van der Waals surface area contributed by atoms with Gasteiger partial charge in [-0.25, -0.2) is 9.07 Å². The van der Waals surface area contributed by atoms with Crippen molar-refractivity contribution in [2.24, 2.45) is 0 Å². The number of aromatic nitrogens is 3. The molecule has 2 aliphatic rings. The van der Waals surface area contributed by atoms with Gasteiger partial charge in [0.05, 0.1) is 25.1 Å². The molecule has 2 aromatic rings. The fourth-order valence-corrected chi connectivity index (χ4v) is 3.68. The lowest BCUT2D eigenvalue weighted by Gasteiger charge is -2.31. The molecule has 0 unspecified atom stereocenters. The third kappa shape index (κ3) is 3.34. The Morgan fingerprint density at radius 1 is 1.27 bits per heavy atom. The maximum atomic E-state index is 13.3. The van der Waals surface area contributed by atoms with Crippen LogP contribution < -0.4 is 0 Å². The largest absolute Gasteiger partial charge is 0.379 e. The van der Waals surface area contributed by atoms with E-state index in [2.05, 4.69) is 15.2 Å². The molecule has 2 fully saturated rings. The molecule has 2 saturated heterocycles. The van der Waals surface area contributed by atoms with Crippen molar-refractivity contribution in [2.75, 3.05) is 39.4 Å². The SMILES string of the molecule is Cc1cc(F)ccc1-n1cc(C(=O)N2CC[C@@H](N3CCOCC3)C2)nn1. The number of ether oxygens (including phenoxy) is 1. The molecule has 1 aromatic heterocycles. The zero-order valence-electron chi connectivity index (χ0n) is 14.8. The first-order valence-corrected chi connectivity index (χ1v) is 8.92. The lowest BCUT2D eigenvalue weighted by Crippen LogP contribution is -2.45. The number of amides is 1. The topological polar surface area (TPSA) is 63.5 Å². The summed E-state index contributed by atoms with van der Waals surface area (Å²) in [6, 6.07) is 4.83. The summed E-state index contributed by atoms with van der Waals surface area (Å²) >= 11 is 0. The second kappa shape index (κ2) is 7.13. The van der Waals surface area contributed by atoms with Gasteiger partial charge in [0.2, 0.25) is 0 Å². The summed E-state index contributed by atoms with van der Waals surface area (Å²) in [7, 11) is 0. The lowest BCUT2D eigenvalue weighted by molar-refractivity contribution is 0.0185. The molecule has 1 atom stereocenters. The van der Waals surface area contributed by atoms with Crippen molar-refractivity contribution in [3.8, 4) is 5.69 Å². The Kier molecular flexibility index (Phi) is 4.69. The normalized spacial score (nSPS) is 21.3. The number of hydrogen-bond acceptors (Lipinski definition) is 5. The van der Waals surface area contributed by atoms with Crippen molar-refractivity contribution in [1.29, 1.82) is 0 Å². The Labute approximate surface area is 151 Å². The van der Waals surface area contributed by atoms with Gasteiger partial charge < -0.3 is 9.64 Å². The second-order valence-electron chi connectivity index (χ2n) is 6.82. The highest BCUT2D eigenvalue weighted by atomic mass is 19.1. The number of likely N-dealkylation sites (tertiary alicyclic amines) is 1. The minimum Gasteiger partial charge on any atom is -0.379 e. The van der Waals surface area contributed by atoms with Crippen LogP contribution in [-0.4, -0.2) is 76.1 Å². The molecule has 1 aromatic carbocycles. The molecule has 138 valence electrons. The van der Waals surface area contributed by atoms with Gasteiger partial charge in [0.15, 0.2) is 5.69 Å². The van der Waals surface area contributed by atoms with Gasteiger partial charge in [0.25, 0.3) is 5.91 Å². The summed E-state index contributed by atoms with van der Waals surface area (Å²) in [5.41, 5.74) is 1.77. The van der Waals surface area contributed by atoms with E-state index in [4.69, 9.17) is 4.74 Å². The summed E-state index contributed by atoms with van der Waals surface area (Å²) < 4.78 is 20.2. The van der Waals surface area contributed by atoms with Crippen LogP contribution in [0.15, 0.2) is 24.4 Å². The lowest BCUT2D eigenvalue weighted by atomic mass is 10.2. The smallest absolute Gasteiger partial charge is 0.276 e. The minimum absolute atomic E-state index is 0.105. The standard InChI is InChI=1S/C18H22FN5O2/c1-13-10-14(19)2-3-17(13)24-12-16(20-21-24)18(25)23-5-4-15(11-23)22-6-8-26-9-7-22/h2-3,10,12,15H,4-9,11H2,1H3/t15-/m1/s1. The van der Waals surface area contributed by atoms with Crippen LogP contribution >= 0.6 is 0 Å². The number of rotatable bonds is 3. The van der Waals surface area contributed by atoms with Gasteiger partial charge >= 0.3 is 0 Å². The van der Waals surface area contributed by atoms with Crippen molar-refractivity contribution in [1.82, 2.24) is 24.8 Å². The highest BCUT2D eigenvalue weighted by molar-refractivity contribution is 5.92.